The van der Waals surface area contributed by atoms with E-state index in [2.05, 4.69) is 0 Å². The van der Waals surface area contributed by atoms with Crippen molar-refractivity contribution >= 4 is 62.6 Å². The molecule has 0 heterocycles. The molecule has 0 aromatic heterocycles. The molecule has 18 aromatic carbocycles. The summed E-state index contributed by atoms with van der Waals surface area (Å²) in [4.78, 5) is 0. The minimum absolute atomic E-state index is 0.657. The van der Waals surface area contributed by atoms with Gasteiger partial charge in [-0.2, -0.15) is 0 Å². The van der Waals surface area contributed by atoms with Gasteiger partial charge in [0.15, 0.2) is 0 Å². The highest BCUT2D eigenvalue weighted by molar-refractivity contribution is 5.56. The van der Waals surface area contributed by atoms with Gasteiger partial charge >= 0.3 is 0 Å². The number of ether oxygens (including phenoxy) is 12. The molecular weight excluding hydrogens is 1660 g/mol. The van der Waals surface area contributed by atoms with Crippen LogP contribution in [0.1, 0.15) is 5.56 Å². The quantitative estimate of drug-likeness (QED) is 0.0250. The number of nitrogen functional groups attached to an aromatic ring is 11. The molecular formula is C109H97N11O12. The molecule has 18 rings (SSSR count). The number of aryl methyl sites for hydroxylation is 1. The number of anilines is 11. The van der Waals surface area contributed by atoms with Gasteiger partial charge in [-0.1, -0.05) is 72.3 Å². The van der Waals surface area contributed by atoms with E-state index in [1.807, 2.05) is 359 Å². The maximum atomic E-state index is 5.78. The Bertz CT molecular complexity index is 6390. The zero-order valence-electron chi connectivity index (χ0n) is 71.8. The molecule has 0 spiro atoms. The summed E-state index contributed by atoms with van der Waals surface area (Å²) in [5, 5.41) is 0. The van der Waals surface area contributed by atoms with E-state index in [0.717, 1.165) is 57.5 Å². The minimum Gasteiger partial charge on any atom is -0.457 e. The molecule has 0 atom stereocenters. The molecule has 22 N–H and O–H groups in total. The van der Waals surface area contributed by atoms with Crippen molar-refractivity contribution in [3.63, 3.8) is 0 Å². The second-order valence-corrected chi connectivity index (χ2v) is 29.2. The molecule has 0 unspecified atom stereocenters. The predicted molar refractivity (Wildman–Crippen MR) is 530 cm³/mol. The minimum atomic E-state index is 0.657. The lowest BCUT2D eigenvalue weighted by Crippen LogP contribution is -1.90. The lowest BCUT2D eigenvalue weighted by Gasteiger charge is -2.09. The molecule has 23 nitrogen and oxygen atoms in total. The Morgan fingerprint density at radius 1 is 0.106 bits per heavy atom. The smallest absolute Gasteiger partial charge is 0.131 e. The van der Waals surface area contributed by atoms with Crippen molar-refractivity contribution in [2.45, 2.75) is 6.92 Å². The molecule has 18 aromatic rings. The van der Waals surface area contributed by atoms with Crippen LogP contribution in [0.25, 0.3) is 0 Å². The zero-order chi connectivity index (χ0) is 92.2. The second-order valence-electron chi connectivity index (χ2n) is 29.2. The van der Waals surface area contributed by atoms with Crippen molar-refractivity contribution in [2.24, 2.45) is 0 Å². The van der Waals surface area contributed by atoms with Gasteiger partial charge in [-0.05, 0) is 322 Å². The molecule has 660 valence electrons. The Balaban J connectivity index is 0.000000135. The molecule has 0 aliphatic heterocycles. The van der Waals surface area contributed by atoms with E-state index in [4.69, 9.17) is 120 Å². The molecule has 132 heavy (non-hydrogen) atoms. The third-order valence-corrected chi connectivity index (χ3v) is 18.3. The third kappa shape index (κ3) is 30.9. The molecule has 0 bridgehead atoms. The number of hydrogen-bond acceptors (Lipinski definition) is 23. The lowest BCUT2D eigenvalue weighted by molar-refractivity contribution is 0.460. The fourth-order valence-corrected chi connectivity index (χ4v) is 11.9. The van der Waals surface area contributed by atoms with Gasteiger partial charge in [0, 0.05) is 117 Å². The van der Waals surface area contributed by atoms with Crippen LogP contribution in [-0.2, 0) is 0 Å². The summed E-state index contributed by atoms with van der Waals surface area (Å²) in [6.07, 6.45) is 0. The van der Waals surface area contributed by atoms with E-state index in [9.17, 15) is 0 Å². The van der Waals surface area contributed by atoms with Crippen LogP contribution in [0.3, 0.4) is 0 Å². The number of hydrogen-bond donors (Lipinski definition) is 11. The highest BCUT2D eigenvalue weighted by Crippen LogP contribution is 2.37. The highest BCUT2D eigenvalue weighted by Gasteiger charge is 2.11. The number of benzene rings is 18. The van der Waals surface area contributed by atoms with Crippen molar-refractivity contribution < 1.29 is 56.8 Å². The monoisotopic (exact) mass is 1750 g/mol. The van der Waals surface area contributed by atoms with E-state index >= 15 is 0 Å². The van der Waals surface area contributed by atoms with Gasteiger partial charge < -0.3 is 120 Å². The molecule has 23 heteroatoms. The lowest BCUT2D eigenvalue weighted by atomic mass is 10.2. The van der Waals surface area contributed by atoms with Crippen LogP contribution in [0.15, 0.2) is 437 Å². The van der Waals surface area contributed by atoms with Crippen LogP contribution < -0.4 is 120 Å². The molecule has 0 amide bonds. The topological polar surface area (TPSA) is 397 Å². The van der Waals surface area contributed by atoms with Gasteiger partial charge in [-0.25, -0.2) is 0 Å². The van der Waals surface area contributed by atoms with Crippen LogP contribution in [0.4, 0.5) is 62.6 Å². The van der Waals surface area contributed by atoms with Gasteiger partial charge in [0.2, 0.25) is 0 Å². The highest BCUT2D eigenvalue weighted by atomic mass is 16.5. The molecule has 0 saturated heterocycles. The van der Waals surface area contributed by atoms with Crippen molar-refractivity contribution in [1.29, 1.82) is 0 Å². The largest absolute Gasteiger partial charge is 0.457 e. The summed E-state index contributed by atoms with van der Waals surface area (Å²) >= 11 is 0. The fraction of sp³-hybridized carbons (Fsp3) is 0.00917. The van der Waals surface area contributed by atoms with Crippen molar-refractivity contribution in [2.75, 3.05) is 63.1 Å². The number of rotatable bonds is 24. The van der Waals surface area contributed by atoms with Gasteiger partial charge in [-0.15, -0.1) is 0 Å². The van der Waals surface area contributed by atoms with Crippen LogP contribution in [0.5, 0.6) is 138 Å². The van der Waals surface area contributed by atoms with E-state index in [-0.39, 0.29) is 0 Å². The second kappa shape index (κ2) is 46.4. The Kier molecular flexibility index (Phi) is 32.0. The van der Waals surface area contributed by atoms with Crippen LogP contribution in [0, 0.1) is 6.92 Å². The van der Waals surface area contributed by atoms with Crippen molar-refractivity contribution in [1.82, 2.24) is 0 Å². The van der Waals surface area contributed by atoms with E-state index in [1.165, 1.54) is 5.56 Å². The fourth-order valence-electron chi connectivity index (χ4n) is 11.9. The van der Waals surface area contributed by atoms with Gasteiger partial charge in [0.05, 0.1) is 0 Å². The zero-order valence-corrected chi connectivity index (χ0v) is 71.8. The van der Waals surface area contributed by atoms with Gasteiger partial charge in [-0.3, -0.25) is 0 Å². The third-order valence-electron chi connectivity index (χ3n) is 18.3. The van der Waals surface area contributed by atoms with Gasteiger partial charge in [0.25, 0.3) is 0 Å². The first-order valence-corrected chi connectivity index (χ1v) is 41.4. The van der Waals surface area contributed by atoms with E-state index in [1.54, 1.807) is 84.9 Å². The van der Waals surface area contributed by atoms with E-state index in [0.29, 0.717) is 143 Å². The first-order chi connectivity index (χ1) is 64.1. The van der Waals surface area contributed by atoms with E-state index < -0.39 is 0 Å². The standard InChI is InChI=1S/C19H17NO2.5C18H16N2O2/c1-14-2-6-16(7-3-14)21-18-10-12-19(13-11-18)22-17-8-4-15(20)5-9-17;19-13-4-1-6-15(10-13)21-17-8-3-9-18(12-17)22-16-7-2-5-14(20)11-16;19-13-3-1-5-17(11-13)21-15-7-9-16(10-8-15)22-18-6-2-4-14(20)12-18;19-13-7-9-15(10-8-13)21-17-5-2-6-18(12-17)22-16-4-1-3-14(20)11-16;19-13-4-8-15(9-5-13)21-17-2-1-3-18(12-17)22-16-10-6-14(20)7-11-16;19-13-4-6-15(7-5-13)21-16-8-10-17(11-9-16)22-18-3-1-2-14(20)12-18/h2-13H,20H2,1H3;5*1-12H,19-20H2. The Morgan fingerprint density at radius 3 is 0.356 bits per heavy atom. The first kappa shape index (κ1) is 91.1. The molecule has 0 aliphatic rings. The van der Waals surface area contributed by atoms with Crippen LogP contribution in [0.2, 0.25) is 0 Å². The molecule has 0 fully saturated rings. The summed E-state index contributed by atoms with van der Waals surface area (Å²) < 4.78 is 69.1. The van der Waals surface area contributed by atoms with Gasteiger partial charge in [0.1, 0.15) is 138 Å². The summed E-state index contributed by atoms with van der Waals surface area (Å²) in [7, 11) is 0. The Hall–Kier alpha value is -18.6. The SMILES string of the molecule is Cc1ccc(Oc2ccc(Oc3ccc(N)cc3)cc2)cc1.Nc1ccc(Oc2ccc(Oc3cccc(N)c3)cc2)cc1.Nc1ccc(Oc2cccc(Oc3ccc(N)cc3)c2)cc1.Nc1ccc(Oc2cccc(Oc3cccc(N)c3)c2)cc1.Nc1cccc(Oc2ccc(Oc3cccc(N)c3)cc2)c1.Nc1cccc(Oc2cccc(Oc3cccc(N)c3)c2)c1. The average Bonchev–Trinajstić information content (AvgIpc) is 0.900. The van der Waals surface area contributed by atoms with Crippen LogP contribution in [-0.4, -0.2) is 0 Å². The summed E-state index contributed by atoms with van der Waals surface area (Å²) in [5.41, 5.74) is 71.4. The molecule has 0 saturated carbocycles. The summed E-state index contributed by atoms with van der Waals surface area (Å²) in [5.74, 6) is 17.1. The Labute approximate surface area is 765 Å². The first-order valence-electron chi connectivity index (χ1n) is 41.4. The summed E-state index contributed by atoms with van der Waals surface area (Å²) in [6.45, 7) is 2.05. The molecule has 0 radical (unpaired) electrons. The number of nitrogens with two attached hydrogens (primary N) is 11. The van der Waals surface area contributed by atoms with Crippen LogP contribution >= 0.6 is 0 Å². The predicted octanol–water partition coefficient (Wildman–Crippen LogP) is 27.3. The maximum absolute atomic E-state index is 5.78. The Morgan fingerprint density at radius 2 is 0.212 bits per heavy atom. The van der Waals surface area contributed by atoms with Crippen molar-refractivity contribution in [3.05, 3.63) is 442 Å². The van der Waals surface area contributed by atoms with Crippen molar-refractivity contribution in [3.8, 4) is 138 Å². The molecule has 0 aliphatic carbocycles. The average molecular weight is 1750 g/mol. The maximum Gasteiger partial charge on any atom is 0.131 e. The summed E-state index contributed by atoms with van der Waals surface area (Å²) in [6, 6.07) is 132. The normalized spacial score (nSPS) is 10.2.